The van der Waals surface area contributed by atoms with Gasteiger partial charge in [-0.25, -0.2) is 0 Å². The Balaban J connectivity index is 2.55. The fourth-order valence-electron chi connectivity index (χ4n) is 1.80. The molecule has 0 heterocycles. The van der Waals surface area contributed by atoms with Crippen molar-refractivity contribution in [3.8, 4) is 5.75 Å². The highest BCUT2D eigenvalue weighted by Gasteiger charge is 2.08. The zero-order valence-corrected chi connectivity index (χ0v) is 15.6. The van der Waals surface area contributed by atoms with Gasteiger partial charge in [0.1, 0.15) is 5.75 Å². The van der Waals surface area contributed by atoms with E-state index in [4.69, 9.17) is 4.74 Å². The van der Waals surface area contributed by atoms with Crippen molar-refractivity contribution in [3.63, 3.8) is 0 Å². The van der Waals surface area contributed by atoms with Crippen molar-refractivity contribution in [1.82, 2.24) is 5.32 Å². The molecule has 0 fully saturated rings. The van der Waals surface area contributed by atoms with Crippen LogP contribution in [0.5, 0.6) is 5.75 Å². The molecule has 5 heteroatoms. The minimum atomic E-state index is 0.668. The van der Waals surface area contributed by atoms with Crippen LogP contribution in [0.3, 0.4) is 0 Å². The molecule has 1 N–H and O–H groups in total. The zero-order chi connectivity index (χ0) is 14.3. The Morgan fingerprint density at radius 1 is 1.32 bits per heavy atom. The van der Waals surface area contributed by atoms with Crippen LogP contribution in [0.1, 0.15) is 19.4 Å². The first-order chi connectivity index (χ1) is 9.08. The van der Waals surface area contributed by atoms with Gasteiger partial charge < -0.3 is 10.1 Å². The molecule has 1 aromatic rings. The number of hydrogen-bond acceptors (Lipinski definition) is 3. The second-order valence-electron chi connectivity index (χ2n) is 4.51. The topological polar surface area (TPSA) is 21.3 Å². The van der Waals surface area contributed by atoms with Crippen LogP contribution in [0.15, 0.2) is 21.1 Å². The third-order valence-electron chi connectivity index (χ3n) is 2.62. The Labute approximate surface area is 137 Å². The molecule has 1 aromatic carbocycles. The predicted molar refractivity (Wildman–Crippen MR) is 92.3 cm³/mol. The van der Waals surface area contributed by atoms with Gasteiger partial charge >= 0.3 is 0 Å². The van der Waals surface area contributed by atoms with Crippen molar-refractivity contribution in [2.24, 2.45) is 5.92 Å². The normalized spacial score (nSPS) is 12.5. The Kier molecular flexibility index (Phi) is 8.46. The van der Waals surface area contributed by atoms with Crippen LogP contribution >= 0.6 is 43.6 Å². The first kappa shape index (κ1) is 17.3. The summed E-state index contributed by atoms with van der Waals surface area (Å²) in [5, 5.41) is 3.50. The van der Waals surface area contributed by atoms with E-state index in [9.17, 15) is 0 Å². The molecule has 1 rings (SSSR count). The molecule has 1 unspecified atom stereocenters. The van der Waals surface area contributed by atoms with Gasteiger partial charge in [-0.1, -0.05) is 6.92 Å². The van der Waals surface area contributed by atoms with Crippen LogP contribution in [0.4, 0.5) is 0 Å². The highest BCUT2D eigenvalue weighted by atomic mass is 79.9. The molecule has 2 nitrogen and oxygen atoms in total. The van der Waals surface area contributed by atoms with E-state index < -0.39 is 0 Å². The predicted octanol–water partition coefficient (Wildman–Crippen LogP) is 4.70. The standard InChI is InChI=1S/C14H21Br2NOS/c1-4-18-14-12(15)5-11(6-13(14)16)8-17-7-10(2)9-19-3/h5-6,10,17H,4,7-9H2,1-3H3. The van der Waals surface area contributed by atoms with E-state index in [1.54, 1.807) is 0 Å². The average Bonchev–Trinajstić information content (AvgIpc) is 2.34. The lowest BCUT2D eigenvalue weighted by Gasteiger charge is -2.13. The van der Waals surface area contributed by atoms with E-state index >= 15 is 0 Å². The van der Waals surface area contributed by atoms with Crippen LogP contribution in [0, 0.1) is 5.92 Å². The Morgan fingerprint density at radius 3 is 2.47 bits per heavy atom. The molecule has 108 valence electrons. The summed E-state index contributed by atoms with van der Waals surface area (Å²) < 4.78 is 7.58. The largest absolute Gasteiger partial charge is 0.492 e. The number of benzene rings is 1. The van der Waals surface area contributed by atoms with E-state index in [0.29, 0.717) is 12.5 Å². The molecular formula is C14H21Br2NOS. The summed E-state index contributed by atoms with van der Waals surface area (Å²) in [7, 11) is 0. The van der Waals surface area contributed by atoms with Gasteiger partial charge in [0.25, 0.3) is 0 Å². The first-order valence-corrected chi connectivity index (χ1v) is 9.36. The van der Waals surface area contributed by atoms with E-state index in [1.807, 2.05) is 18.7 Å². The molecule has 0 aliphatic rings. The molecule has 0 saturated carbocycles. The molecular weight excluding hydrogens is 390 g/mol. The van der Waals surface area contributed by atoms with Crippen molar-refractivity contribution in [2.75, 3.05) is 25.2 Å². The molecule has 0 spiro atoms. The lowest BCUT2D eigenvalue weighted by molar-refractivity contribution is 0.336. The smallest absolute Gasteiger partial charge is 0.147 e. The number of halogens is 2. The second kappa shape index (κ2) is 9.27. The van der Waals surface area contributed by atoms with Crippen molar-refractivity contribution in [2.45, 2.75) is 20.4 Å². The number of rotatable bonds is 8. The second-order valence-corrected chi connectivity index (χ2v) is 7.13. The van der Waals surface area contributed by atoms with E-state index in [-0.39, 0.29) is 0 Å². The molecule has 0 saturated heterocycles. The highest BCUT2D eigenvalue weighted by molar-refractivity contribution is 9.11. The Morgan fingerprint density at radius 2 is 1.95 bits per heavy atom. The van der Waals surface area contributed by atoms with Crippen LogP contribution in [0.2, 0.25) is 0 Å². The maximum Gasteiger partial charge on any atom is 0.147 e. The third-order valence-corrected chi connectivity index (χ3v) is 4.70. The van der Waals surface area contributed by atoms with Gasteiger partial charge in [-0.3, -0.25) is 0 Å². The third kappa shape index (κ3) is 6.06. The highest BCUT2D eigenvalue weighted by Crippen LogP contribution is 2.34. The molecule has 0 radical (unpaired) electrons. The number of hydrogen-bond donors (Lipinski definition) is 1. The maximum absolute atomic E-state index is 5.58. The molecule has 19 heavy (non-hydrogen) atoms. The van der Waals surface area contributed by atoms with Gasteiger partial charge in [-0.2, -0.15) is 11.8 Å². The van der Waals surface area contributed by atoms with E-state index in [2.05, 4.69) is 62.5 Å². The van der Waals surface area contributed by atoms with Crippen molar-refractivity contribution < 1.29 is 4.74 Å². The van der Waals surface area contributed by atoms with Gasteiger partial charge in [0.2, 0.25) is 0 Å². The van der Waals surface area contributed by atoms with Gasteiger partial charge in [0, 0.05) is 6.54 Å². The fourth-order valence-corrected chi connectivity index (χ4v) is 4.00. The zero-order valence-electron chi connectivity index (χ0n) is 11.6. The average molecular weight is 411 g/mol. The summed E-state index contributed by atoms with van der Waals surface area (Å²) in [5.41, 5.74) is 1.25. The van der Waals surface area contributed by atoms with Crippen molar-refractivity contribution >= 4 is 43.6 Å². The van der Waals surface area contributed by atoms with Crippen LogP contribution < -0.4 is 10.1 Å². The maximum atomic E-state index is 5.58. The minimum absolute atomic E-state index is 0.668. The summed E-state index contributed by atoms with van der Waals surface area (Å²) in [4.78, 5) is 0. The van der Waals surface area contributed by atoms with Crippen LogP contribution in [0.25, 0.3) is 0 Å². The van der Waals surface area contributed by atoms with Crippen LogP contribution in [-0.4, -0.2) is 25.2 Å². The molecule has 0 bridgehead atoms. The molecule has 1 atom stereocenters. The molecule has 0 aromatic heterocycles. The summed E-state index contributed by atoms with van der Waals surface area (Å²) in [6, 6.07) is 4.23. The SMILES string of the molecule is CCOc1c(Br)cc(CNCC(C)CSC)cc1Br. The van der Waals surface area contributed by atoms with E-state index in [1.165, 1.54) is 11.3 Å². The quantitative estimate of drug-likeness (QED) is 0.671. The first-order valence-electron chi connectivity index (χ1n) is 6.38. The number of ether oxygens (including phenoxy) is 1. The van der Waals surface area contributed by atoms with Crippen LogP contribution in [-0.2, 0) is 6.54 Å². The monoisotopic (exact) mass is 409 g/mol. The number of thioether (sulfide) groups is 1. The number of nitrogens with one attached hydrogen (secondary N) is 1. The van der Waals surface area contributed by atoms with Gasteiger partial charge in [0.05, 0.1) is 15.6 Å². The van der Waals surface area contributed by atoms with Gasteiger partial charge in [-0.15, -0.1) is 0 Å². The Hall–Kier alpha value is 0.290. The van der Waals surface area contributed by atoms with E-state index in [0.717, 1.165) is 27.8 Å². The van der Waals surface area contributed by atoms with Crippen molar-refractivity contribution in [3.05, 3.63) is 26.6 Å². The molecule has 0 aliphatic heterocycles. The fraction of sp³-hybridized carbons (Fsp3) is 0.571. The van der Waals surface area contributed by atoms with Gasteiger partial charge in [0.15, 0.2) is 0 Å². The lowest BCUT2D eigenvalue weighted by Crippen LogP contribution is -2.22. The lowest BCUT2D eigenvalue weighted by atomic mass is 10.2. The Bertz CT molecular complexity index is 378. The summed E-state index contributed by atoms with van der Waals surface area (Å²) in [6.07, 6.45) is 2.15. The summed E-state index contributed by atoms with van der Waals surface area (Å²) >= 11 is 9.01. The molecule has 0 amide bonds. The minimum Gasteiger partial charge on any atom is -0.492 e. The summed E-state index contributed by atoms with van der Waals surface area (Å²) in [5.74, 6) is 2.77. The van der Waals surface area contributed by atoms with Crippen molar-refractivity contribution in [1.29, 1.82) is 0 Å². The van der Waals surface area contributed by atoms with Gasteiger partial charge in [-0.05, 0) is 81.0 Å². The summed E-state index contributed by atoms with van der Waals surface area (Å²) in [6.45, 7) is 6.85. The molecule has 0 aliphatic carbocycles.